The van der Waals surface area contributed by atoms with E-state index in [2.05, 4.69) is 0 Å². The number of furan rings is 1. The van der Waals surface area contributed by atoms with Crippen molar-refractivity contribution in [2.45, 2.75) is 26.9 Å². The zero-order valence-corrected chi connectivity index (χ0v) is 18.9. The van der Waals surface area contributed by atoms with Gasteiger partial charge in [-0.2, -0.15) is 0 Å². The molecular formula is C26H30N2O4. The molecule has 6 nitrogen and oxygen atoms in total. The molecule has 1 heterocycles. The number of carbonyl (C=O) groups excluding carboxylic acids is 2. The molecule has 3 aromatic rings. The van der Waals surface area contributed by atoms with Crippen LogP contribution in [0.3, 0.4) is 0 Å². The topological polar surface area (TPSA) is 63.0 Å². The minimum atomic E-state index is -0.174. The maximum absolute atomic E-state index is 13.4. The van der Waals surface area contributed by atoms with Crippen LogP contribution in [0.1, 0.15) is 35.5 Å². The molecule has 0 saturated carbocycles. The first kappa shape index (κ1) is 23.1. The number of ether oxygens (including phenoxy) is 1. The van der Waals surface area contributed by atoms with Crippen LogP contribution in [-0.2, 0) is 17.9 Å². The monoisotopic (exact) mass is 434 g/mol. The van der Waals surface area contributed by atoms with Crippen LogP contribution in [-0.4, -0.2) is 41.8 Å². The number of carbonyl (C=O) groups is 2. The number of hydrogen-bond acceptors (Lipinski definition) is 4. The van der Waals surface area contributed by atoms with Crippen molar-refractivity contribution in [2.75, 3.05) is 20.2 Å². The molecule has 0 aliphatic rings. The van der Waals surface area contributed by atoms with Gasteiger partial charge in [0.2, 0.25) is 5.91 Å². The van der Waals surface area contributed by atoms with Gasteiger partial charge in [-0.1, -0.05) is 44.2 Å². The summed E-state index contributed by atoms with van der Waals surface area (Å²) in [4.78, 5) is 29.9. The minimum Gasteiger partial charge on any atom is -0.497 e. The van der Waals surface area contributed by atoms with E-state index >= 15 is 0 Å². The summed E-state index contributed by atoms with van der Waals surface area (Å²) in [6.45, 7) is 5.32. The highest BCUT2D eigenvalue weighted by molar-refractivity contribution is 5.96. The Morgan fingerprint density at radius 1 is 0.906 bits per heavy atom. The number of amides is 2. The average Bonchev–Trinajstić information content (AvgIpc) is 3.31. The minimum absolute atomic E-state index is 0.00339. The maximum atomic E-state index is 13.4. The average molecular weight is 435 g/mol. The lowest BCUT2D eigenvalue weighted by molar-refractivity contribution is -0.133. The molecular weight excluding hydrogens is 404 g/mol. The molecule has 0 N–H and O–H groups in total. The van der Waals surface area contributed by atoms with Crippen molar-refractivity contribution < 1.29 is 18.7 Å². The Labute approximate surface area is 189 Å². The third kappa shape index (κ3) is 6.48. The molecule has 6 heteroatoms. The predicted molar refractivity (Wildman–Crippen MR) is 123 cm³/mol. The molecule has 0 bridgehead atoms. The lowest BCUT2D eigenvalue weighted by atomic mass is 10.1. The van der Waals surface area contributed by atoms with Crippen LogP contribution in [0.4, 0.5) is 0 Å². The van der Waals surface area contributed by atoms with Gasteiger partial charge in [-0.05, 0) is 47.9 Å². The van der Waals surface area contributed by atoms with Gasteiger partial charge in [-0.15, -0.1) is 0 Å². The van der Waals surface area contributed by atoms with Gasteiger partial charge in [-0.3, -0.25) is 9.59 Å². The van der Waals surface area contributed by atoms with E-state index in [9.17, 15) is 9.59 Å². The van der Waals surface area contributed by atoms with E-state index in [1.807, 2.05) is 50.2 Å². The Morgan fingerprint density at radius 3 is 2.22 bits per heavy atom. The zero-order chi connectivity index (χ0) is 22.9. The first-order valence-corrected chi connectivity index (χ1v) is 10.7. The number of hydrogen-bond donors (Lipinski definition) is 0. The fourth-order valence-corrected chi connectivity index (χ4v) is 3.47. The second-order valence-corrected chi connectivity index (χ2v) is 8.12. The summed E-state index contributed by atoms with van der Waals surface area (Å²) in [6, 6.07) is 20.4. The molecule has 32 heavy (non-hydrogen) atoms. The van der Waals surface area contributed by atoms with Crippen LogP contribution in [0, 0.1) is 5.92 Å². The van der Waals surface area contributed by atoms with E-state index in [1.54, 1.807) is 53.5 Å². The second-order valence-electron chi connectivity index (χ2n) is 8.12. The van der Waals surface area contributed by atoms with E-state index in [0.717, 1.165) is 5.56 Å². The molecule has 2 aromatic carbocycles. The van der Waals surface area contributed by atoms with Crippen molar-refractivity contribution in [2.24, 2.45) is 5.92 Å². The largest absolute Gasteiger partial charge is 0.497 e. The summed E-state index contributed by atoms with van der Waals surface area (Å²) in [7, 11) is 1.58. The number of methoxy groups -OCH3 is 1. The van der Waals surface area contributed by atoms with Gasteiger partial charge < -0.3 is 19.0 Å². The molecule has 0 spiro atoms. The fraction of sp³-hybridized carbons (Fsp3) is 0.308. The quantitative estimate of drug-likeness (QED) is 0.467. The first-order valence-electron chi connectivity index (χ1n) is 10.7. The van der Waals surface area contributed by atoms with Crippen molar-refractivity contribution in [1.82, 2.24) is 9.80 Å². The van der Waals surface area contributed by atoms with E-state index in [0.29, 0.717) is 36.7 Å². The van der Waals surface area contributed by atoms with Gasteiger partial charge in [0.05, 0.1) is 19.9 Å². The summed E-state index contributed by atoms with van der Waals surface area (Å²) < 4.78 is 10.7. The molecule has 2 amide bonds. The number of nitrogens with zero attached hydrogens (tertiary/aromatic N) is 2. The Balaban J connectivity index is 1.79. The highest BCUT2D eigenvalue weighted by Crippen LogP contribution is 2.16. The predicted octanol–water partition coefficient (Wildman–Crippen LogP) is 4.62. The van der Waals surface area contributed by atoms with Crippen LogP contribution in [0.15, 0.2) is 77.4 Å². The summed E-state index contributed by atoms with van der Waals surface area (Å²) in [6.07, 6.45) is 1.60. The van der Waals surface area contributed by atoms with Crippen molar-refractivity contribution >= 4 is 11.8 Å². The number of benzene rings is 2. The van der Waals surface area contributed by atoms with Crippen LogP contribution >= 0.6 is 0 Å². The first-order chi connectivity index (χ1) is 15.5. The molecule has 0 fully saturated rings. The van der Waals surface area contributed by atoms with Gasteiger partial charge in [-0.25, -0.2) is 0 Å². The molecule has 1 aromatic heterocycles. The van der Waals surface area contributed by atoms with E-state index in [-0.39, 0.29) is 24.3 Å². The summed E-state index contributed by atoms with van der Waals surface area (Å²) in [5, 5.41) is 0. The van der Waals surface area contributed by atoms with Crippen LogP contribution in [0.5, 0.6) is 5.75 Å². The van der Waals surface area contributed by atoms with E-state index < -0.39 is 0 Å². The van der Waals surface area contributed by atoms with E-state index in [1.165, 1.54) is 0 Å². The number of rotatable bonds is 10. The zero-order valence-electron chi connectivity index (χ0n) is 18.9. The lowest BCUT2D eigenvalue weighted by Gasteiger charge is -2.28. The van der Waals surface area contributed by atoms with Gasteiger partial charge in [0.15, 0.2) is 0 Å². The van der Waals surface area contributed by atoms with Gasteiger partial charge in [0, 0.05) is 18.7 Å². The molecule has 0 atom stereocenters. The molecule has 0 aliphatic carbocycles. The smallest absolute Gasteiger partial charge is 0.254 e. The van der Waals surface area contributed by atoms with Crippen molar-refractivity contribution in [1.29, 1.82) is 0 Å². The summed E-state index contributed by atoms with van der Waals surface area (Å²) in [5.41, 5.74) is 1.55. The SMILES string of the molecule is COc1ccc(C(=O)N(CC(=O)N(Cc2ccccc2)Cc2ccco2)CC(C)C)cc1. The van der Waals surface area contributed by atoms with Crippen LogP contribution < -0.4 is 4.74 Å². The van der Waals surface area contributed by atoms with Gasteiger partial charge >= 0.3 is 0 Å². The summed E-state index contributed by atoms with van der Waals surface area (Å²) in [5.74, 6) is 1.30. The van der Waals surface area contributed by atoms with E-state index in [4.69, 9.17) is 9.15 Å². The Morgan fingerprint density at radius 2 is 1.62 bits per heavy atom. The Hall–Kier alpha value is -3.54. The second kappa shape index (κ2) is 11.2. The Kier molecular flexibility index (Phi) is 8.08. The maximum Gasteiger partial charge on any atom is 0.254 e. The van der Waals surface area contributed by atoms with Crippen molar-refractivity contribution in [3.8, 4) is 5.75 Å². The standard InChI is InChI=1S/C26H30N2O4/c1-20(2)16-28(26(30)22-11-13-23(31-3)14-12-22)19-25(29)27(18-24-10-7-15-32-24)17-21-8-5-4-6-9-21/h4-15,20H,16-19H2,1-3H3. The molecule has 0 aliphatic heterocycles. The molecule has 0 unspecified atom stereocenters. The van der Waals surface area contributed by atoms with Crippen molar-refractivity contribution in [3.05, 3.63) is 89.9 Å². The normalized spacial score (nSPS) is 10.8. The fourth-order valence-electron chi connectivity index (χ4n) is 3.47. The molecule has 0 radical (unpaired) electrons. The summed E-state index contributed by atoms with van der Waals surface area (Å²) >= 11 is 0. The molecule has 3 rings (SSSR count). The Bertz CT molecular complexity index is 982. The molecule has 0 saturated heterocycles. The van der Waals surface area contributed by atoms with Gasteiger partial charge in [0.1, 0.15) is 18.1 Å². The lowest BCUT2D eigenvalue weighted by Crippen LogP contribution is -2.43. The van der Waals surface area contributed by atoms with Crippen LogP contribution in [0.25, 0.3) is 0 Å². The highest BCUT2D eigenvalue weighted by Gasteiger charge is 2.24. The van der Waals surface area contributed by atoms with Crippen molar-refractivity contribution in [3.63, 3.8) is 0 Å². The molecule has 168 valence electrons. The van der Waals surface area contributed by atoms with Gasteiger partial charge in [0.25, 0.3) is 5.91 Å². The third-order valence-electron chi connectivity index (χ3n) is 5.03. The van der Waals surface area contributed by atoms with Crippen LogP contribution in [0.2, 0.25) is 0 Å². The highest BCUT2D eigenvalue weighted by atomic mass is 16.5. The third-order valence-corrected chi connectivity index (χ3v) is 5.03.